The molecular formula is C15H11BrF2O2. The van der Waals surface area contributed by atoms with Crippen LogP contribution in [0.3, 0.4) is 0 Å². The molecule has 20 heavy (non-hydrogen) atoms. The molecule has 2 nitrogen and oxygen atoms in total. The average Bonchev–Trinajstić information content (AvgIpc) is 2.41. The van der Waals surface area contributed by atoms with Crippen LogP contribution in [0.1, 0.15) is 21.5 Å². The van der Waals surface area contributed by atoms with Gasteiger partial charge in [0.05, 0.1) is 4.47 Å². The summed E-state index contributed by atoms with van der Waals surface area (Å²) in [5.41, 5.74) is 2.01. The molecule has 0 saturated heterocycles. The second kappa shape index (κ2) is 6.13. The number of alkyl halides is 2. The minimum absolute atomic E-state index is 0.000422. The number of halogens is 3. The monoisotopic (exact) mass is 340 g/mol. The summed E-state index contributed by atoms with van der Waals surface area (Å²) in [6.07, 6.45) is 0. The predicted molar refractivity (Wildman–Crippen MR) is 75.4 cm³/mol. The van der Waals surface area contributed by atoms with Crippen LogP contribution < -0.4 is 4.74 Å². The van der Waals surface area contributed by atoms with E-state index in [0.717, 1.165) is 5.56 Å². The van der Waals surface area contributed by atoms with E-state index >= 15 is 0 Å². The summed E-state index contributed by atoms with van der Waals surface area (Å²) in [7, 11) is 0. The quantitative estimate of drug-likeness (QED) is 0.761. The summed E-state index contributed by atoms with van der Waals surface area (Å²) < 4.78 is 28.9. The number of carbonyl (C=O) groups excluding carboxylic acids is 1. The Hall–Kier alpha value is -1.75. The third kappa shape index (κ3) is 3.42. The van der Waals surface area contributed by atoms with E-state index in [1.807, 2.05) is 19.1 Å². The maximum Gasteiger partial charge on any atom is 0.387 e. The smallest absolute Gasteiger partial charge is 0.387 e. The third-order valence-electron chi connectivity index (χ3n) is 2.72. The predicted octanol–water partition coefficient (Wildman–Crippen LogP) is 4.59. The van der Waals surface area contributed by atoms with Crippen LogP contribution in [0.5, 0.6) is 5.75 Å². The fraction of sp³-hybridized carbons (Fsp3) is 0.133. The lowest BCUT2D eigenvalue weighted by Crippen LogP contribution is -2.05. The van der Waals surface area contributed by atoms with E-state index in [-0.39, 0.29) is 11.5 Å². The molecule has 0 aliphatic heterocycles. The van der Waals surface area contributed by atoms with E-state index in [1.54, 1.807) is 12.1 Å². The number of ether oxygens (including phenoxy) is 1. The highest BCUT2D eigenvalue weighted by atomic mass is 79.9. The van der Waals surface area contributed by atoms with Crippen LogP contribution in [-0.2, 0) is 0 Å². The highest BCUT2D eigenvalue weighted by molar-refractivity contribution is 9.10. The average molecular weight is 341 g/mol. The van der Waals surface area contributed by atoms with Gasteiger partial charge in [-0.15, -0.1) is 0 Å². The van der Waals surface area contributed by atoms with Gasteiger partial charge >= 0.3 is 6.61 Å². The number of benzene rings is 2. The van der Waals surface area contributed by atoms with Gasteiger partial charge in [0.2, 0.25) is 0 Å². The van der Waals surface area contributed by atoms with Gasteiger partial charge in [0.1, 0.15) is 5.75 Å². The van der Waals surface area contributed by atoms with Gasteiger partial charge in [0.25, 0.3) is 0 Å². The van der Waals surface area contributed by atoms with Crippen molar-refractivity contribution in [2.75, 3.05) is 0 Å². The lowest BCUT2D eigenvalue weighted by Gasteiger charge is -2.08. The fourth-order valence-corrected chi connectivity index (χ4v) is 2.18. The maximum atomic E-state index is 12.2. The van der Waals surface area contributed by atoms with Crippen LogP contribution in [-0.4, -0.2) is 12.4 Å². The van der Waals surface area contributed by atoms with Crippen LogP contribution in [0.25, 0.3) is 0 Å². The summed E-state index contributed by atoms with van der Waals surface area (Å²) in [5.74, 6) is -0.172. The third-order valence-corrected chi connectivity index (χ3v) is 3.34. The van der Waals surface area contributed by atoms with Crippen LogP contribution in [0.2, 0.25) is 0 Å². The van der Waals surface area contributed by atoms with Gasteiger partial charge in [-0.2, -0.15) is 8.78 Å². The van der Waals surface area contributed by atoms with E-state index in [9.17, 15) is 13.6 Å². The van der Waals surface area contributed by atoms with Crippen molar-refractivity contribution in [3.8, 4) is 5.75 Å². The molecule has 0 atom stereocenters. The Morgan fingerprint density at radius 2 is 1.70 bits per heavy atom. The standard InChI is InChI=1S/C15H11BrF2O2/c1-9-2-4-10(5-3-9)14(19)11-6-7-13(12(16)8-11)20-15(17)18/h2-8,15H,1H3. The molecule has 2 aromatic rings. The molecule has 0 aliphatic rings. The Morgan fingerprint density at radius 1 is 1.10 bits per heavy atom. The van der Waals surface area contributed by atoms with Crippen LogP contribution in [0.15, 0.2) is 46.9 Å². The second-order valence-electron chi connectivity index (χ2n) is 4.22. The second-order valence-corrected chi connectivity index (χ2v) is 5.07. The molecule has 0 fully saturated rings. The molecule has 0 unspecified atom stereocenters. The molecule has 0 bridgehead atoms. The molecular weight excluding hydrogens is 330 g/mol. The molecule has 0 aliphatic carbocycles. The van der Waals surface area contributed by atoms with Crippen LogP contribution in [0, 0.1) is 6.92 Å². The van der Waals surface area contributed by atoms with Crippen molar-refractivity contribution < 1.29 is 18.3 Å². The van der Waals surface area contributed by atoms with Gasteiger partial charge in [0, 0.05) is 11.1 Å². The molecule has 0 radical (unpaired) electrons. The van der Waals surface area contributed by atoms with Gasteiger partial charge in [-0.05, 0) is 41.1 Å². The topological polar surface area (TPSA) is 26.3 Å². The van der Waals surface area contributed by atoms with E-state index in [4.69, 9.17) is 0 Å². The molecule has 2 rings (SSSR count). The van der Waals surface area contributed by atoms with E-state index < -0.39 is 6.61 Å². The number of aryl methyl sites for hydroxylation is 1. The zero-order chi connectivity index (χ0) is 14.7. The molecule has 2 aromatic carbocycles. The lowest BCUT2D eigenvalue weighted by atomic mass is 10.0. The zero-order valence-corrected chi connectivity index (χ0v) is 12.2. The molecule has 0 spiro atoms. The Balaban J connectivity index is 2.27. The maximum absolute atomic E-state index is 12.2. The van der Waals surface area contributed by atoms with Gasteiger partial charge < -0.3 is 4.74 Å². The van der Waals surface area contributed by atoms with Gasteiger partial charge in [-0.1, -0.05) is 29.8 Å². The highest BCUT2D eigenvalue weighted by Crippen LogP contribution is 2.28. The Kier molecular flexibility index (Phi) is 4.49. The largest absolute Gasteiger partial charge is 0.434 e. The fourth-order valence-electron chi connectivity index (χ4n) is 1.71. The summed E-state index contributed by atoms with van der Waals surface area (Å²) in [6.45, 7) is -0.966. The Morgan fingerprint density at radius 3 is 2.25 bits per heavy atom. The Labute approximate surface area is 123 Å². The van der Waals surface area contributed by atoms with Crippen LogP contribution in [0.4, 0.5) is 8.78 Å². The summed E-state index contributed by atoms with van der Waals surface area (Å²) in [4.78, 5) is 12.2. The van der Waals surface area contributed by atoms with Gasteiger partial charge in [-0.3, -0.25) is 4.79 Å². The first kappa shape index (κ1) is 14.7. The highest BCUT2D eigenvalue weighted by Gasteiger charge is 2.13. The Bertz CT molecular complexity index is 624. The van der Waals surface area contributed by atoms with Gasteiger partial charge in [0.15, 0.2) is 5.78 Å². The van der Waals surface area contributed by atoms with E-state index in [2.05, 4.69) is 20.7 Å². The molecule has 0 heterocycles. The van der Waals surface area contributed by atoms with Crippen molar-refractivity contribution in [1.82, 2.24) is 0 Å². The molecule has 5 heteroatoms. The zero-order valence-electron chi connectivity index (χ0n) is 10.6. The SMILES string of the molecule is Cc1ccc(C(=O)c2ccc(OC(F)F)c(Br)c2)cc1. The first-order chi connectivity index (χ1) is 9.47. The normalized spacial score (nSPS) is 10.7. The van der Waals surface area contributed by atoms with Crippen molar-refractivity contribution >= 4 is 21.7 Å². The van der Waals surface area contributed by atoms with Crippen molar-refractivity contribution in [2.24, 2.45) is 0 Å². The molecule has 0 aromatic heterocycles. The van der Waals surface area contributed by atoms with E-state index in [0.29, 0.717) is 15.6 Å². The van der Waals surface area contributed by atoms with Crippen molar-refractivity contribution in [2.45, 2.75) is 13.5 Å². The number of hydrogen-bond acceptors (Lipinski definition) is 2. The minimum atomic E-state index is -2.90. The first-order valence-electron chi connectivity index (χ1n) is 5.83. The summed E-state index contributed by atoms with van der Waals surface area (Å²) >= 11 is 3.12. The van der Waals surface area contributed by atoms with Crippen molar-refractivity contribution in [1.29, 1.82) is 0 Å². The molecule has 0 amide bonds. The molecule has 0 N–H and O–H groups in total. The lowest BCUT2D eigenvalue weighted by molar-refractivity contribution is -0.0503. The summed E-state index contributed by atoms with van der Waals surface area (Å²) in [6, 6.07) is 11.4. The van der Waals surface area contributed by atoms with Crippen molar-refractivity contribution in [3.05, 3.63) is 63.6 Å². The van der Waals surface area contributed by atoms with Crippen molar-refractivity contribution in [3.63, 3.8) is 0 Å². The summed E-state index contributed by atoms with van der Waals surface area (Å²) in [5, 5.41) is 0. The van der Waals surface area contributed by atoms with E-state index in [1.165, 1.54) is 18.2 Å². The van der Waals surface area contributed by atoms with Crippen LogP contribution >= 0.6 is 15.9 Å². The van der Waals surface area contributed by atoms with Gasteiger partial charge in [-0.25, -0.2) is 0 Å². The number of hydrogen-bond donors (Lipinski definition) is 0. The number of ketones is 1. The molecule has 104 valence electrons. The number of rotatable bonds is 4. The number of carbonyl (C=O) groups is 1. The molecule has 0 saturated carbocycles. The minimum Gasteiger partial charge on any atom is -0.434 e. The first-order valence-corrected chi connectivity index (χ1v) is 6.62.